The van der Waals surface area contributed by atoms with Crippen LogP contribution in [0.2, 0.25) is 0 Å². The first-order chi connectivity index (χ1) is 20.3. The van der Waals surface area contributed by atoms with Gasteiger partial charge in [0.25, 0.3) is 0 Å². The topological polar surface area (TPSA) is 77.9 Å². The Kier molecular flexibility index (Phi) is 7.83. The number of para-hydroxylation sites is 1. The molecular formula is C32H34BrN7O2. The van der Waals surface area contributed by atoms with Crippen LogP contribution < -0.4 is 19.4 Å². The lowest BCUT2D eigenvalue weighted by Crippen LogP contribution is -2.46. The van der Waals surface area contributed by atoms with Gasteiger partial charge in [-0.15, -0.1) is 0 Å². The molecule has 2 aliphatic rings. The normalized spacial score (nSPS) is 15.6. The number of fused-ring (bicyclic) bond motifs is 1. The number of carbonyl (C=O) groups is 1. The fourth-order valence-corrected chi connectivity index (χ4v) is 6.13. The van der Waals surface area contributed by atoms with Crippen LogP contribution in [0.5, 0.6) is 5.75 Å². The molecule has 1 fully saturated rings. The molecule has 2 aromatic heterocycles. The average Bonchev–Trinajstić information content (AvgIpc) is 2.99. The van der Waals surface area contributed by atoms with E-state index in [2.05, 4.69) is 56.0 Å². The number of methoxy groups -OCH3 is 1. The zero-order valence-electron chi connectivity index (χ0n) is 24.3. The number of piperazine rings is 1. The van der Waals surface area contributed by atoms with E-state index in [1.165, 1.54) is 5.69 Å². The molecule has 2 amide bonds. The molecule has 4 aromatic rings. The van der Waals surface area contributed by atoms with Crippen molar-refractivity contribution in [1.29, 1.82) is 0 Å². The van der Waals surface area contributed by atoms with Gasteiger partial charge in [-0.2, -0.15) is 0 Å². The summed E-state index contributed by atoms with van der Waals surface area (Å²) in [6, 6.07) is 15.9. The quantitative estimate of drug-likeness (QED) is 0.264. The molecule has 4 heterocycles. The SMILES string of the molecule is COc1ccc(N2C(=O)N(c3c(C)cccc3C)Cc3cnc(Cc4ccc(N5CCN(C)CC5)cc4Br)nc32)nc1. The summed E-state index contributed by atoms with van der Waals surface area (Å²) >= 11 is 3.79. The van der Waals surface area contributed by atoms with Crippen molar-refractivity contribution in [3.8, 4) is 5.75 Å². The molecule has 9 nitrogen and oxygen atoms in total. The number of ether oxygens (including phenoxy) is 1. The number of amides is 2. The van der Waals surface area contributed by atoms with E-state index < -0.39 is 0 Å². The first-order valence-corrected chi connectivity index (χ1v) is 14.9. The van der Waals surface area contributed by atoms with Crippen LogP contribution >= 0.6 is 15.9 Å². The van der Waals surface area contributed by atoms with E-state index in [1.54, 1.807) is 35.2 Å². The van der Waals surface area contributed by atoms with E-state index in [-0.39, 0.29) is 6.03 Å². The second-order valence-corrected chi connectivity index (χ2v) is 11.7. The zero-order valence-corrected chi connectivity index (χ0v) is 25.9. The molecule has 2 aromatic carbocycles. The van der Waals surface area contributed by atoms with Gasteiger partial charge in [0.15, 0.2) is 5.82 Å². The number of likely N-dealkylation sites (N-methyl/N-ethyl adjacent to an activating group) is 1. The maximum Gasteiger partial charge on any atom is 0.336 e. The van der Waals surface area contributed by atoms with Gasteiger partial charge in [-0.05, 0) is 61.9 Å². The van der Waals surface area contributed by atoms with Crippen molar-refractivity contribution in [2.75, 3.05) is 55.0 Å². The van der Waals surface area contributed by atoms with E-state index in [9.17, 15) is 4.79 Å². The summed E-state index contributed by atoms with van der Waals surface area (Å²) in [7, 11) is 3.76. The largest absolute Gasteiger partial charge is 0.495 e. The Bertz CT molecular complexity index is 1600. The molecule has 0 saturated carbocycles. The fraction of sp³-hybridized carbons (Fsp3) is 0.312. The number of halogens is 1. The van der Waals surface area contributed by atoms with Crippen LogP contribution in [0.3, 0.4) is 0 Å². The smallest absolute Gasteiger partial charge is 0.336 e. The first kappa shape index (κ1) is 28.1. The third-order valence-electron chi connectivity index (χ3n) is 8.00. The summed E-state index contributed by atoms with van der Waals surface area (Å²) in [5, 5.41) is 0. The Balaban J connectivity index is 1.34. The lowest BCUT2D eigenvalue weighted by Gasteiger charge is -2.36. The maximum absolute atomic E-state index is 14.2. The van der Waals surface area contributed by atoms with E-state index >= 15 is 0 Å². The van der Waals surface area contributed by atoms with Gasteiger partial charge in [0, 0.05) is 54.5 Å². The summed E-state index contributed by atoms with van der Waals surface area (Å²) in [5.41, 5.74) is 6.08. The predicted octanol–water partition coefficient (Wildman–Crippen LogP) is 5.88. The summed E-state index contributed by atoms with van der Waals surface area (Å²) < 4.78 is 6.33. The highest BCUT2D eigenvalue weighted by Crippen LogP contribution is 2.37. The molecule has 0 radical (unpaired) electrons. The Hall–Kier alpha value is -4.02. The van der Waals surface area contributed by atoms with Crippen molar-refractivity contribution in [1.82, 2.24) is 19.9 Å². The molecule has 216 valence electrons. The molecule has 42 heavy (non-hydrogen) atoms. The number of hydrogen-bond donors (Lipinski definition) is 0. The highest BCUT2D eigenvalue weighted by atomic mass is 79.9. The van der Waals surface area contributed by atoms with Gasteiger partial charge in [0.05, 0.1) is 25.5 Å². The molecule has 0 unspecified atom stereocenters. The number of carbonyl (C=O) groups excluding carboxylic acids is 1. The molecule has 6 rings (SSSR count). The van der Waals surface area contributed by atoms with E-state index in [4.69, 9.17) is 14.7 Å². The molecule has 0 atom stereocenters. The number of nitrogens with zero attached hydrogens (tertiary/aromatic N) is 7. The van der Waals surface area contributed by atoms with Crippen molar-refractivity contribution in [3.05, 3.63) is 93.5 Å². The number of benzene rings is 2. The predicted molar refractivity (Wildman–Crippen MR) is 169 cm³/mol. The molecule has 2 aliphatic heterocycles. The third kappa shape index (κ3) is 5.44. The highest BCUT2D eigenvalue weighted by Gasteiger charge is 2.36. The Labute approximate surface area is 254 Å². The minimum Gasteiger partial charge on any atom is -0.495 e. The average molecular weight is 629 g/mol. The molecule has 10 heteroatoms. The Morgan fingerprint density at radius 2 is 1.71 bits per heavy atom. The van der Waals surface area contributed by atoms with Gasteiger partial charge in [0.2, 0.25) is 0 Å². The van der Waals surface area contributed by atoms with Gasteiger partial charge in [0.1, 0.15) is 17.4 Å². The lowest BCUT2D eigenvalue weighted by atomic mass is 10.1. The second kappa shape index (κ2) is 11.7. The van der Waals surface area contributed by atoms with Crippen LogP contribution in [0.4, 0.5) is 27.8 Å². The van der Waals surface area contributed by atoms with Gasteiger partial charge >= 0.3 is 6.03 Å². The zero-order chi connectivity index (χ0) is 29.4. The van der Waals surface area contributed by atoms with Crippen molar-refractivity contribution >= 4 is 45.0 Å². The minimum absolute atomic E-state index is 0.208. The van der Waals surface area contributed by atoms with Crippen molar-refractivity contribution < 1.29 is 9.53 Å². The second-order valence-electron chi connectivity index (χ2n) is 10.9. The highest BCUT2D eigenvalue weighted by molar-refractivity contribution is 9.10. The standard InChI is InChI=1S/C32H34BrN7O2/c1-21-6-5-7-22(2)30(21)39-20-24-18-34-28(36-31(24)40(32(39)41)29-11-10-26(42-4)19-35-29)16-23-8-9-25(17-27(23)33)38-14-12-37(3)13-15-38/h5-11,17-19H,12-16,20H2,1-4H3. The van der Waals surface area contributed by atoms with Crippen LogP contribution in [-0.4, -0.2) is 66.2 Å². The van der Waals surface area contributed by atoms with Crippen LogP contribution in [0.25, 0.3) is 0 Å². The van der Waals surface area contributed by atoms with Crippen LogP contribution in [0.1, 0.15) is 28.1 Å². The van der Waals surface area contributed by atoms with E-state index in [0.29, 0.717) is 36.2 Å². The summed E-state index contributed by atoms with van der Waals surface area (Å²) in [4.78, 5) is 36.6. The molecular weight excluding hydrogens is 594 g/mol. The Morgan fingerprint density at radius 1 is 0.952 bits per heavy atom. The molecule has 1 saturated heterocycles. The molecule has 0 aliphatic carbocycles. The molecule has 0 spiro atoms. The number of rotatable bonds is 6. The van der Waals surface area contributed by atoms with Gasteiger partial charge in [-0.3, -0.25) is 4.90 Å². The van der Waals surface area contributed by atoms with Crippen LogP contribution in [-0.2, 0) is 13.0 Å². The summed E-state index contributed by atoms with van der Waals surface area (Å²) in [5.74, 6) is 2.27. The van der Waals surface area contributed by atoms with Gasteiger partial charge < -0.3 is 14.5 Å². The van der Waals surface area contributed by atoms with Crippen LogP contribution in [0.15, 0.2) is 65.4 Å². The van der Waals surface area contributed by atoms with E-state index in [0.717, 1.165) is 58.6 Å². The van der Waals surface area contributed by atoms with E-state index in [1.807, 2.05) is 38.2 Å². The summed E-state index contributed by atoms with van der Waals surface area (Å²) in [6.45, 7) is 8.55. The first-order valence-electron chi connectivity index (χ1n) is 14.1. The van der Waals surface area contributed by atoms with Gasteiger partial charge in [-0.1, -0.05) is 40.2 Å². The van der Waals surface area contributed by atoms with Crippen molar-refractivity contribution in [2.45, 2.75) is 26.8 Å². The molecule has 0 bridgehead atoms. The number of pyridine rings is 1. The Morgan fingerprint density at radius 3 is 2.38 bits per heavy atom. The van der Waals surface area contributed by atoms with Crippen LogP contribution in [0, 0.1) is 13.8 Å². The number of anilines is 4. The maximum atomic E-state index is 14.2. The summed E-state index contributed by atoms with van der Waals surface area (Å²) in [6.07, 6.45) is 3.98. The van der Waals surface area contributed by atoms with Gasteiger partial charge in [-0.25, -0.2) is 24.6 Å². The number of aryl methyl sites for hydroxylation is 2. The number of hydrogen-bond acceptors (Lipinski definition) is 7. The number of urea groups is 1. The van der Waals surface area contributed by atoms with Crippen molar-refractivity contribution in [2.24, 2.45) is 0 Å². The lowest BCUT2D eigenvalue weighted by molar-refractivity contribution is 0.252. The van der Waals surface area contributed by atoms with Crippen molar-refractivity contribution in [3.63, 3.8) is 0 Å². The monoisotopic (exact) mass is 627 g/mol. The minimum atomic E-state index is -0.208. The number of aromatic nitrogens is 3. The molecule has 0 N–H and O–H groups in total. The fourth-order valence-electron chi connectivity index (χ4n) is 5.62. The third-order valence-corrected chi connectivity index (χ3v) is 8.74.